The van der Waals surface area contributed by atoms with Crippen molar-refractivity contribution in [1.29, 1.82) is 0 Å². The first-order chi connectivity index (χ1) is 10.8. The maximum Gasteiger partial charge on any atom is 0.254 e. The van der Waals surface area contributed by atoms with E-state index in [9.17, 15) is 4.79 Å². The molecule has 0 unspecified atom stereocenters. The van der Waals surface area contributed by atoms with Gasteiger partial charge in [0.1, 0.15) is 11.3 Å². The lowest BCUT2D eigenvalue weighted by molar-refractivity contribution is 0.0738. The van der Waals surface area contributed by atoms with Crippen molar-refractivity contribution >= 4 is 16.8 Å². The Hall–Kier alpha value is -2.14. The largest absolute Gasteiger partial charge is 0.491 e. The van der Waals surface area contributed by atoms with Gasteiger partial charge in [-0.05, 0) is 24.6 Å². The number of rotatable bonds is 4. The van der Waals surface area contributed by atoms with E-state index < -0.39 is 0 Å². The van der Waals surface area contributed by atoms with Gasteiger partial charge in [-0.15, -0.1) is 0 Å². The number of benzene rings is 1. The van der Waals surface area contributed by atoms with Crippen LogP contribution in [-0.2, 0) is 0 Å². The smallest absolute Gasteiger partial charge is 0.254 e. The van der Waals surface area contributed by atoms with Gasteiger partial charge in [0.05, 0.1) is 6.61 Å². The molecule has 0 bridgehead atoms. The third kappa shape index (κ3) is 2.90. The van der Waals surface area contributed by atoms with Gasteiger partial charge >= 0.3 is 0 Å². The Kier molecular flexibility index (Phi) is 4.53. The summed E-state index contributed by atoms with van der Waals surface area (Å²) in [6, 6.07) is 7.52. The fourth-order valence-electron chi connectivity index (χ4n) is 2.70. The van der Waals surface area contributed by atoms with Gasteiger partial charge < -0.3 is 15.0 Å². The normalized spacial score (nSPS) is 15.0. The molecule has 116 valence electrons. The standard InChI is InChI=1S/C17H21N3O2/c1-2-12-22-15-6-5-14(13-4-3-7-19-16(13)15)17(21)20-10-8-18-9-11-20/h3-7,18H,2,8-12H2,1H3. The molecule has 0 aliphatic carbocycles. The minimum absolute atomic E-state index is 0.0709. The molecule has 2 heterocycles. The van der Waals surface area contributed by atoms with Crippen LogP contribution in [0.1, 0.15) is 23.7 Å². The third-order valence-corrected chi connectivity index (χ3v) is 3.83. The number of carbonyl (C=O) groups excluding carboxylic acids is 1. The van der Waals surface area contributed by atoms with Crippen molar-refractivity contribution in [3.63, 3.8) is 0 Å². The van der Waals surface area contributed by atoms with Crippen molar-refractivity contribution in [2.45, 2.75) is 13.3 Å². The summed E-state index contributed by atoms with van der Waals surface area (Å²) in [7, 11) is 0. The molecule has 1 aromatic carbocycles. The van der Waals surface area contributed by atoms with Crippen molar-refractivity contribution in [2.24, 2.45) is 0 Å². The van der Waals surface area contributed by atoms with Gasteiger partial charge in [-0.1, -0.05) is 13.0 Å². The Labute approximate surface area is 130 Å². The molecule has 1 aliphatic heterocycles. The van der Waals surface area contributed by atoms with Crippen molar-refractivity contribution < 1.29 is 9.53 Å². The molecule has 1 saturated heterocycles. The first kappa shape index (κ1) is 14.8. The number of aromatic nitrogens is 1. The highest BCUT2D eigenvalue weighted by atomic mass is 16.5. The Morgan fingerprint density at radius 1 is 1.32 bits per heavy atom. The Balaban J connectivity index is 1.98. The lowest BCUT2D eigenvalue weighted by Gasteiger charge is -2.28. The molecule has 1 amide bonds. The Morgan fingerprint density at radius 3 is 2.91 bits per heavy atom. The highest BCUT2D eigenvalue weighted by Gasteiger charge is 2.21. The van der Waals surface area contributed by atoms with Crippen LogP contribution < -0.4 is 10.1 Å². The highest BCUT2D eigenvalue weighted by molar-refractivity contribution is 6.07. The number of piperazine rings is 1. The summed E-state index contributed by atoms with van der Waals surface area (Å²) in [5.41, 5.74) is 1.46. The molecule has 1 N–H and O–H groups in total. The molecule has 0 saturated carbocycles. The maximum atomic E-state index is 12.8. The molecular formula is C17H21N3O2. The van der Waals surface area contributed by atoms with Crippen LogP contribution in [0.2, 0.25) is 0 Å². The predicted molar refractivity (Wildman–Crippen MR) is 86.3 cm³/mol. The molecule has 1 fully saturated rings. The van der Waals surface area contributed by atoms with Gasteiger partial charge in [0.25, 0.3) is 5.91 Å². The second kappa shape index (κ2) is 6.75. The summed E-state index contributed by atoms with van der Waals surface area (Å²) in [5.74, 6) is 0.816. The van der Waals surface area contributed by atoms with Crippen LogP contribution in [0.4, 0.5) is 0 Å². The van der Waals surface area contributed by atoms with E-state index >= 15 is 0 Å². The molecular weight excluding hydrogens is 278 g/mol. The maximum absolute atomic E-state index is 12.8. The molecule has 2 aromatic rings. The second-order valence-electron chi connectivity index (χ2n) is 5.40. The van der Waals surface area contributed by atoms with Gasteiger partial charge in [-0.3, -0.25) is 9.78 Å². The van der Waals surface area contributed by atoms with Crippen molar-refractivity contribution in [3.05, 3.63) is 36.0 Å². The monoisotopic (exact) mass is 299 g/mol. The molecule has 0 radical (unpaired) electrons. The Bertz CT molecular complexity index is 666. The number of pyridine rings is 1. The quantitative estimate of drug-likeness (QED) is 0.939. The fraction of sp³-hybridized carbons (Fsp3) is 0.412. The summed E-state index contributed by atoms with van der Waals surface area (Å²) in [4.78, 5) is 19.1. The van der Waals surface area contributed by atoms with Crippen LogP contribution in [0.15, 0.2) is 30.5 Å². The minimum atomic E-state index is 0.0709. The molecule has 3 rings (SSSR count). The van der Waals surface area contributed by atoms with Crippen LogP contribution in [0.25, 0.3) is 10.9 Å². The summed E-state index contributed by atoms with van der Waals surface area (Å²) in [6.07, 6.45) is 2.68. The van der Waals surface area contributed by atoms with E-state index in [1.807, 2.05) is 29.2 Å². The Morgan fingerprint density at radius 2 is 2.14 bits per heavy atom. The summed E-state index contributed by atoms with van der Waals surface area (Å²) in [5, 5.41) is 4.13. The molecule has 1 aliphatic rings. The second-order valence-corrected chi connectivity index (χ2v) is 5.40. The number of hydrogen-bond acceptors (Lipinski definition) is 4. The molecule has 5 nitrogen and oxygen atoms in total. The molecule has 22 heavy (non-hydrogen) atoms. The number of nitrogens with one attached hydrogen (secondary N) is 1. The van der Waals surface area contributed by atoms with E-state index in [1.165, 1.54) is 0 Å². The van der Waals surface area contributed by atoms with Crippen molar-refractivity contribution in [1.82, 2.24) is 15.2 Å². The summed E-state index contributed by atoms with van der Waals surface area (Å²) >= 11 is 0. The molecule has 0 atom stereocenters. The van der Waals surface area contributed by atoms with Crippen LogP contribution >= 0.6 is 0 Å². The lowest BCUT2D eigenvalue weighted by Crippen LogP contribution is -2.46. The fourth-order valence-corrected chi connectivity index (χ4v) is 2.70. The molecule has 1 aromatic heterocycles. The number of hydrogen-bond donors (Lipinski definition) is 1. The zero-order valence-electron chi connectivity index (χ0n) is 12.8. The summed E-state index contributed by atoms with van der Waals surface area (Å²) in [6.45, 7) is 5.90. The van der Waals surface area contributed by atoms with E-state index in [2.05, 4.69) is 17.2 Å². The SMILES string of the molecule is CCCOc1ccc(C(=O)N2CCNCC2)c2cccnc12. The molecule has 5 heteroatoms. The summed E-state index contributed by atoms with van der Waals surface area (Å²) < 4.78 is 5.75. The van der Waals surface area contributed by atoms with E-state index in [0.717, 1.165) is 49.3 Å². The average molecular weight is 299 g/mol. The zero-order chi connectivity index (χ0) is 15.4. The third-order valence-electron chi connectivity index (χ3n) is 3.83. The van der Waals surface area contributed by atoms with Crippen LogP contribution in [-0.4, -0.2) is 48.6 Å². The first-order valence-corrected chi connectivity index (χ1v) is 7.82. The molecule has 0 spiro atoms. The lowest BCUT2D eigenvalue weighted by atomic mass is 10.1. The zero-order valence-corrected chi connectivity index (χ0v) is 12.8. The van der Waals surface area contributed by atoms with Crippen molar-refractivity contribution in [3.8, 4) is 5.75 Å². The predicted octanol–water partition coefficient (Wildman–Crippen LogP) is 2.07. The van der Waals surface area contributed by atoms with Crippen LogP contribution in [0, 0.1) is 0 Å². The average Bonchev–Trinajstić information content (AvgIpc) is 2.60. The number of carbonyl (C=O) groups is 1. The van der Waals surface area contributed by atoms with Gasteiger partial charge in [0.2, 0.25) is 0 Å². The first-order valence-electron chi connectivity index (χ1n) is 7.82. The van der Waals surface area contributed by atoms with Gasteiger partial charge in [0, 0.05) is 43.3 Å². The van der Waals surface area contributed by atoms with E-state index in [-0.39, 0.29) is 5.91 Å². The van der Waals surface area contributed by atoms with Gasteiger partial charge in [-0.25, -0.2) is 0 Å². The number of nitrogens with zero attached hydrogens (tertiary/aromatic N) is 2. The van der Waals surface area contributed by atoms with Crippen LogP contribution in [0.3, 0.4) is 0 Å². The number of fused-ring (bicyclic) bond motifs is 1. The van der Waals surface area contributed by atoms with Crippen LogP contribution in [0.5, 0.6) is 5.75 Å². The minimum Gasteiger partial charge on any atom is -0.491 e. The van der Waals surface area contributed by atoms with E-state index in [0.29, 0.717) is 12.2 Å². The number of amides is 1. The number of ether oxygens (including phenoxy) is 1. The highest BCUT2D eigenvalue weighted by Crippen LogP contribution is 2.27. The van der Waals surface area contributed by atoms with E-state index in [1.54, 1.807) is 6.20 Å². The van der Waals surface area contributed by atoms with E-state index in [4.69, 9.17) is 4.74 Å². The van der Waals surface area contributed by atoms with Gasteiger partial charge in [0.15, 0.2) is 0 Å². The van der Waals surface area contributed by atoms with Crippen molar-refractivity contribution in [2.75, 3.05) is 32.8 Å². The van der Waals surface area contributed by atoms with Gasteiger partial charge in [-0.2, -0.15) is 0 Å². The topological polar surface area (TPSA) is 54.5 Å².